The molecule has 0 amide bonds. The van der Waals surface area contributed by atoms with Crippen molar-refractivity contribution in [3.05, 3.63) is 170 Å². The molecule has 0 aliphatic rings. The lowest BCUT2D eigenvalue weighted by Crippen LogP contribution is -1.93. The average molecular weight is 537 g/mol. The third kappa shape index (κ3) is 5.39. The molecule has 198 valence electrons. The van der Waals surface area contributed by atoms with Gasteiger partial charge < -0.3 is 0 Å². The van der Waals surface area contributed by atoms with Crippen molar-refractivity contribution in [3.8, 4) is 67.2 Å². The third-order valence-electron chi connectivity index (χ3n) is 7.49. The first-order valence-corrected chi connectivity index (χ1v) is 14.2. The summed E-state index contributed by atoms with van der Waals surface area (Å²) >= 11 is 0. The number of rotatable bonds is 6. The summed E-state index contributed by atoms with van der Waals surface area (Å²) in [6.45, 7) is 0. The Hall–Kier alpha value is -5.60. The minimum atomic E-state index is 0.940. The van der Waals surface area contributed by atoms with E-state index in [1.165, 1.54) is 11.1 Å². The van der Waals surface area contributed by atoms with Crippen molar-refractivity contribution in [2.24, 2.45) is 0 Å². The molecular weight excluding hydrogens is 508 g/mol. The van der Waals surface area contributed by atoms with Crippen LogP contribution in [0.2, 0.25) is 0 Å². The zero-order chi connectivity index (χ0) is 28.1. The van der Waals surface area contributed by atoms with Gasteiger partial charge in [0.05, 0.1) is 17.1 Å². The molecule has 0 radical (unpaired) electrons. The molecule has 0 saturated heterocycles. The lowest BCUT2D eigenvalue weighted by Gasteiger charge is -2.14. The molecule has 0 aliphatic heterocycles. The monoisotopic (exact) mass is 536 g/mol. The van der Waals surface area contributed by atoms with Gasteiger partial charge >= 0.3 is 0 Å². The van der Waals surface area contributed by atoms with E-state index in [0.29, 0.717) is 0 Å². The second-order valence-corrected chi connectivity index (χ2v) is 10.3. The van der Waals surface area contributed by atoms with Crippen LogP contribution in [0.1, 0.15) is 0 Å². The molecule has 42 heavy (non-hydrogen) atoms. The molecule has 0 saturated carbocycles. The predicted molar refractivity (Wildman–Crippen MR) is 175 cm³/mol. The Morgan fingerprint density at radius 1 is 0.262 bits per heavy atom. The maximum atomic E-state index is 5.22. The summed E-state index contributed by atoms with van der Waals surface area (Å²) in [7, 11) is 0. The molecule has 2 heteroatoms. The van der Waals surface area contributed by atoms with Crippen LogP contribution in [0.4, 0.5) is 0 Å². The summed E-state index contributed by atoms with van der Waals surface area (Å²) in [6.07, 6.45) is 1.84. The summed E-state index contributed by atoms with van der Waals surface area (Å²) < 4.78 is 0. The van der Waals surface area contributed by atoms with Gasteiger partial charge in [0, 0.05) is 22.9 Å². The van der Waals surface area contributed by atoms with Gasteiger partial charge in [0.15, 0.2) is 0 Å². The molecule has 0 aliphatic carbocycles. The van der Waals surface area contributed by atoms with Crippen molar-refractivity contribution in [2.75, 3.05) is 0 Å². The molecule has 0 bridgehead atoms. The Morgan fingerprint density at radius 2 is 0.714 bits per heavy atom. The highest BCUT2D eigenvalue weighted by atomic mass is 14.7. The van der Waals surface area contributed by atoms with Crippen LogP contribution in [0.25, 0.3) is 67.2 Å². The van der Waals surface area contributed by atoms with E-state index in [1.807, 2.05) is 24.4 Å². The lowest BCUT2D eigenvalue weighted by atomic mass is 9.93. The Labute approximate surface area is 246 Å². The number of nitrogens with zero attached hydrogens (tertiary/aromatic N) is 2. The topological polar surface area (TPSA) is 25.8 Å². The normalized spacial score (nSPS) is 10.9. The molecule has 0 unspecified atom stereocenters. The lowest BCUT2D eigenvalue weighted by molar-refractivity contribution is 1.32. The van der Waals surface area contributed by atoms with Crippen LogP contribution in [0, 0.1) is 0 Å². The van der Waals surface area contributed by atoms with E-state index >= 15 is 0 Å². The number of benzene rings is 5. The van der Waals surface area contributed by atoms with Crippen molar-refractivity contribution in [3.63, 3.8) is 0 Å². The SMILES string of the molecule is c1ccc(-c2cc(-c3cccc(-c4ccccn4)c3)cc(-c3cc(-c4ccccc4)cc(-c4ccccc4)n3)c2)cc1. The quantitative estimate of drug-likeness (QED) is 0.211. The molecular formula is C40H28N2. The van der Waals surface area contributed by atoms with Gasteiger partial charge in [-0.05, 0) is 81.9 Å². The molecule has 2 aromatic heterocycles. The average Bonchev–Trinajstić information content (AvgIpc) is 3.09. The van der Waals surface area contributed by atoms with E-state index in [2.05, 4.69) is 151 Å². The predicted octanol–water partition coefficient (Wildman–Crippen LogP) is 10.5. The van der Waals surface area contributed by atoms with Crippen molar-refractivity contribution in [1.29, 1.82) is 0 Å². The van der Waals surface area contributed by atoms with E-state index in [1.54, 1.807) is 0 Å². The van der Waals surface area contributed by atoms with Gasteiger partial charge in [-0.15, -0.1) is 0 Å². The smallest absolute Gasteiger partial charge is 0.0716 e. The zero-order valence-corrected chi connectivity index (χ0v) is 23.1. The summed E-state index contributed by atoms with van der Waals surface area (Å²) in [5.74, 6) is 0. The maximum absolute atomic E-state index is 5.22. The van der Waals surface area contributed by atoms with Crippen LogP contribution in [-0.2, 0) is 0 Å². The van der Waals surface area contributed by atoms with Crippen LogP contribution in [-0.4, -0.2) is 9.97 Å². The number of hydrogen-bond acceptors (Lipinski definition) is 2. The van der Waals surface area contributed by atoms with Gasteiger partial charge in [0.1, 0.15) is 0 Å². The summed E-state index contributed by atoms with van der Waals surface area (Å²) in [4.78, 5) is 9.81. The Morgan fingerprint density at radius 3 is 1.33 bits per heavy atom. The van der Waals surface area contributed by atoms with Crippen molar-refractivity contribution >= 4 is 0 Å². The number of aromatic nitrogens is 2. The fraction of sp³-hybridized carbons (Fsp3) is 0. The summed E-state index contributed by atoms with van der Waals surface area (Å²) in [5, 5.41) is 0. The number of pyridine rings is 2. The van der Waals surface area contributed by atoms with E-state index in [4.69, 9.17) is 4.98 Å². The Bertz CT molecular complexity index is 1890. The Balaban J connectivity index is 1.43. The third-order valence-corrected chi connectivity index (χ3v) is 7.49. The highest BCUT2D eigenvalue weighted by Crippen LogP contribution is 2.36. The van der Waals surface area contributed by atoms with Crippen LogP contribution in [0.15, 0.2) is 170 Å². The van der Waals surface area contributed by atoms with E-state index in [0.717, 1.165) is 56.0 Å². The minimum Gasteiger partial charge on any atom is -0.256 e. The summed E-state index contributed by atoms with van der Waals surface area (Å²) in [6, 6.07) is 57.3. The van der Waals surface area contributed by atoms with Gasteiger partial charge in [-0.1, -0.05) is 115 Å². The van der Waals surface area contributed by atoms with Crippen LogP contribution < -0.4 is 0 Å². The first kappa shape index (κ1) is 25.4. The van der Waals surface area contributed by atoms with E-state index < -0.39 is 0 Å². The standard InChI is InChI=1S/C40H28N2/c1-4-13-29(14-5-1)34-24-35(32-19-12-20-33(23-32)38-21-10-11-22-41-38)26-37(25-34)40-28-36(30-15-6-2-7-16-30)27-39(42-40)31-17-8-3-9-18-31/h1-28H. The number of hydrogen-bond donors (Lipinski definition) is 0. The van der Waals surface area contributed by atoms with E-state index in [9.17, 15) is 0 Å². The molecule has 7 rings (SSSR count). The first-order valence-electron chi connectivity index (χ1n) is 14.2. The van der Waals surface area contributed by atoms with Gasteiger partial charge in [0.2, 0.25) is 0 Å². The fourth-order valence-corrected chi connectivity index (χ4v) is 5.36. The van der Waals surface area contributed by atoms with Gasteiger partial charge in [-0.25, -0.2) is 4.98 Å². The first-order chi connectivity index (χ1) is 20.8. The van der Waals surface area contributed by atoms with Crippen molar-refractivity contribution < 1.29 is 0 Å². The van der Waals surface area contributed by atoms with Crippen molar-refractivity contribution in [2.45, 2.75) is 0 Å². The largest absolute Gasteiger partial charge is 0.256 e. The molecule has 0 fully saturated rings. The van der Waals surface area contributed by atoms with Gasteiger partial charge in [0.25, 0.3) is 0 Å². The minimum absolute atomic E-state index is 0.940. The van der Waals surface area contributed by atoms with Crippen molar-refractivity contribution in [1.82, 2.24) is 9.97 Å². The fourth-order valence-electron chi connectivity index (χ4n) is 5.36. The van der Waals surface area contributed by atoms with Gasteiger partial charge in [-0.3, -0.25) is 4.98 Å². The molecule has 0 N–H and O–H groups in total. The second-order valence-electron chi connectivity index (χ2n) is 10.3. The van der Waals surface area contributed by atoms with Crippen LogP contribution in [0.5, 0.6) is 0 Å². The summed E-state index contributed by atoms with van der Waals surface area (Å²) in [5.41, 5.74) is 13.0. The van der Waals surface area contributed by atoms with Gasteiger partial charge in [-0.2, -0.15) is 0 Å². The maximum Gasteiger partial charge on any atom is 0.0716 e. The Kier molecular flexibility index (Phi) is 6.94. The molecule has 0 spiro atoms. The zero-order valence-electron chi connectivity index (χ0n) is 23.1. The van der Waals surface area contributed by atoms with Crippen LogP contribution >= 0.6 is 0 Å². The highest BCUT2D eigenvalue weighted by Gasteiger charge is 2.13. The molecule has 2 heterocycles. The second kappa shape index (κ2) is 11.5. The van der Waals surface area contributed by atoms with E-state index in [-0.39, 0.29) is 0 Å². The molecule has 0 atom stereocenters. The van der Waals surface area contributed by atoms with Crippen LogP contribution in [0.3, 0.4) is 0 Å². The molecule has 5 aromatic carbocycles. The molecule has 7 aromatic rings. The molecule has 2 nitrogen and oxygen atoms in total. The highest BCUT2D eigenvalue weighted by molar-refractivity contribution is 5.84.